The predicted octanol–water partition coefficient (Wildman–Crippen LogP) is 3.89. The number of ether oxygens (including phenoxy) is 1. The number of carbonyl (C=O) groups excluding carboxylic acids is 3. The molecule has 1 atom stereocenters. The van der Waals surface area contributed by atoms with Gasteiger partial charge < -0.3 is 15.8 Å². The highest BCUT2D eigenvalue weighted by atomic mass is 35.5. The van der Waals surface area contributed by atoms with Crippen LogP contribution >= 0.6 is 11.6 Å². The summed E-state index contributed by atoms with van der Waals surface area (Å²) in [6.07, 6.45) is 4.06. The third kappa shape index (κ3) is 6.74. The molecule has 2 rings (SSSR count). The Morgan fingerprint density at radius 1 is 1.21 bits per heavy atom. The van der Waals surface area contributed by atoms with Gasteiger partial charge in [-0.05, 0) is 70.1 Å². The minimum atomic E-state index is -0.548. The van der Waals surface area contributed by atoms with Gasteiger partial charge in [0.25, 0.3) is 5.91 Å². The number of carbonyl (C=O) groups is 3. The molecule has 7 heteroatoms. The van der Waals surface area contributed by atoms with E-state index in [9.17, 15) is 14.4 Å². The third-order valence-corrected chi connectivity index (χ3v) is 5.71. The molecule has 0 bridgehead atoms. The average molecular weight is 423 g/mol. The number of hydrogen-bond donors (Lipinski definition) is 2. The largest absolute Gasteiger partial charge is 0.489 e. The first kappa shape index (κ1) is 23.2. The van der Waals surface area contributed by atoms with E-state index >= 15 is 0 Å². The second kappa shape index (κ2) is 10.6. The highest BCUT2D eigenvalue weighted by molar-refractivity contribution is 6.32. The van der Waals surface area contributed by atoms with Crippen molar-refractivity contribution in [2.75, 3.05) is 0 Å². The summed E-state index contributed by atoms with van der Waals surface area (Å²) in [5.74, 6) is 0.152. The van der Waals surface area contributed by atoms with Crippen molar-refractivity contribution in [1.29, 1.82) is 0 Å². The number of halogens is 1. The second-order valence-electron chi connectivity index (χ2n) is 8.01. The van der Waals surface area contributed by atoms with E-state index in [2.05, 4.69) is 5.32 Å². The number of ketones is 1. The van der Waals surface area contributed by atoms with Gasteiger partial charge in [0.15, 0.2) is 5.78 Å². The summed E-state index contributed by atoms with van der Waals surface area (Å²) in [5, 5.41) is 3.23. The highest BCUT2D eigenvalue weighted by Crippen LogP contribution is 2.32. The molecule has 1 aromatic carbocycles. The van der Waals surface area contributed by atoms with Crippen molar-refractivity contribution in [2.45, 2.75) is 71.4 Å². The van der Waals surface area contributed by atoms with E-state index < -0.39 is 6.04 Å². The Morgan fingerprint density at radius 3 is 2.38 bits per heavy atom. The molecule has 3 N–H and O–H groups in total. The van der Waals surface area contributed by atoms with Crippen molar-refractivity contribution >= 4 is 29.2 Å². The molecule has 1 fully saturated rings. The lowest BCUT2D eigenvalue weighted by Gasteiger charge is -2.29. The minimum Gasteiger partial charge on any atom is -0.489 e. The molecule has 6 nitrogen and oxygen atoms in total. The fourth-order valence-electron chi connectivity index (χ4n) is 3.77. The van der Waals surface area contributed by atoms with E-state index in [1.165, 1.54) is 0 Å². The molecule has 0 spiro atoms. The molecular weight excluding hydrogens is 392 g/mol. The number of primary amides is 1. The Kier molecular flexibility index (Phi) is 8.50. The number of nitrogens with one attached hydrogen (secondary N) is 1. The summed E-state index contributed by atoms with van der Waals surface area (Å²) in [4.78, 5) is 36.5. The molecule has 2 amide bonds. The predicted molar refractivity (Wildman–Crippen MR) is 113 cm³/mol. The van der Waals surface area contributed by atoms with E-state index in [4.69, 9.17) is 22.1 Å². The van der Waals surface area contributed by atoms with Crippen LogP contribution in [-0.4, -0.2) is 29.7 Å². The topological polar surface area (TPSA) is 98.5 Å². The van der Waals surface area contributed by atoms with Crippen molar-refractivity contribution in [3.8, 4) is 5.75 Å². The Bertz CT molecular complexity index is 742. The lowest BCUT2D eigenvalue weighted by atomic mass is 9.78. The van der Waals surface area contributed by atoms with Crippen LogP contribution in [-0.2, 0) is 9.59 Å². The van der Waals surface area contributed by atoms with Crippen molar-refractivity contribution < 1.29 is 19.1 Å². The van der Waals surface area contributed by atoms with Gasteiger partial charge in [-0.1, -0.05) is 18.5 Å². The van der Waals surface area contributed by atoms with Crippen LogP contribution in [0.1, 0.15) is 69.7 Å². The summed E-state index contributed by atoms with van der Waals surface area (Å²) < 4.78 is 5.59. The zero-order valence-electron chi connectivity index (χ0n) is 17.4. The van der Waals surface area contributed by atoms with Crippen LogP contribution in [0.15, 0.2) is 18.2 Å². The summed E-state index contributed by atoms with van der Waals surface area (Å²) in [7, 11) is 0. The molecular formula is C22H31ClN2O4. The molecule has 1 aromatic rings. The number of nitrogens with two attached hydrogens (primary N) is 1. The Hall–Kier alpha value is -2.08. The fourth-order valence-corrected chi connectivity index (χ4v) is 3.99. The first-order valence-corrected chi connectivity index (χ1v) is 10.7. The first-order valence-electron chi connectivity index (χ1n) is 10.3. The van der Waals surface area contributed by atoms with Gasteiger partial charge in [-0.25, -0.2) is 0 Å². The van der Waals surface area contributed by atoms with Crippen molar-refractivity contribution in [3.05, 3.63) is 28.8 Å². The molecule has 0 aliphatic heterocycles. The Labute approximate surface area is 177 Å². The zero-order chi connectivity index (χ0) is 21.6. The molecule has 1 unspecified atom stereocenters. The van der Waals surface area contributed by atoms with Crippen LogP contribution in [0.2, 0.25) is 5.02 Å². The van der Waals surface area contributed by atoms with E-state index in [1.807, 2.05) is 13.8 Å². The standard InChI is InChI=1S/C22H31ClN2O4/c1-4-19(26)18(11-14-5-7-15(8-6-14)21(24)27)25-22(28)16-9-10-20(17(23)12-16)29-13(2)3/h9-10,12-15,18H,4-8,11H2,1-3H3,(H2,24,27)(H,25,28). The summed E-state index contributed by atoms with van der Waals surface area (Å²) in [6, 6.07) is 4.32. The van der Waals surface area contributed by atoms with E-state index in [0.29, 0.717) is 29.2 Å². The summed E-state index contributed by atoms with van der Waals surface area (Å²) in [6.45, 7) is 5.59. The molecule has 0 saturated heterocycles. The number of benzene rings is 1. The lowest BCUT2D eigenvalue weighted by Crippen LogP contribution is -2.42. The van der Waals surface area contributed by atoms with Crippen LogP contribution in [0.5, 0.6) is 5.75 Å². The van der Waals surface area contributed by atoms with Crippen LogP contribution in [0, 0.1) is 11.8 Å². The van der Waals surface area contributed by atoms with Crippen molar-refractivity contribution in [3.63, 3.8) is 0 Å². The monoisotopic (exact) mass is 422 g/mol. The van der Waals surface area contributed by atoms with Gasteiger partial charge >= 0.3 is 0 Å². The van der Waals surface area contributed by atoms with E-state index in [-0.39, 0.29) is 35.5 Å². The average Bonchev–Trinajstić information content (AvgIpc) is 2.68. The minimum absolute atomic E-state index is 0.00114. The maximum atomic E-state index is 12.7. The molecule has 0 heterocycles. The van der Waals surface area contributed by atoms with E-state index in [1.54, 1.807) is 25.1 Å². The van der Waals surface area contributed by atoms with Gasteiger partial charge in [0.1, 0.15) is 5.75 Å². The van der Waals surface area contributed by atoms with Gasteiger partial charge in [-0.3, -0.25) is 14.4 Å². The van der Waals surface area contributed by atoms with Crippen LogP contribution in [0.4, 0.5) is 0 Å². The smallest absolute Gasteiger partial charge is 0.251 e. The van der Waals surface area contributed by atoms with Crippen LogP contribution in [0.25, 0.3) is 0 Å². The third-order valence-electron chi connectivity index (χ3n) is 5.42. The quantitative estimate of drug-likeness (QED) is 0.630. The van der Waals surface area contributed by atoms with Crippen LogP contribution < -0.4 is 15.8 Å². The van der Waals surface area contributed by atoms with Crippen LogP contribution in [0.3, 0.4) is 0 Å². The maximum absolute atomic E-state index is 12.7. The second-order valence-corrected chi connectivity index (χ2v) is 8.42. The number of rotatable bonds is 9. The number of hydrogen-bond acceptors (Lipinski definition) is 4. The molecule has 0 radical (unpaired) electrons. The highest BCUT2D eigenvalue weighted by Gasteiger charge is 2.29. The van der Waals surface area contributed by atoms with Gasteiger partial charge in [0.2, 0.25) is 5.91 Å². The fraction of sp³-hybridized carbons (Fsp3) is 0.591. The molecule has 1 aliphatic rings. The first-order chi connectivity index (χ1) is 13.7. The number of amides is 2. The van der Waals surface area contributed by atoms with E-state index in [0.717, 1.165) is 25.7 Å². The maximum Gasteiger partial charge on any atom is 0.251 e. The number of Topliss-reactive ketones (excluding diaryl/α,β-unsaturated/α-hetero) is 1. The molecule has 1 saturated carbocycles. The summed E-state index contributed by atoms with van der Waals surface area (Å²) in [5.41, 5.74) is 5.78. The van der Waals surface area contributed by atoms with Crippen molar-refractivity contribution in [1.82, 2.24) is 5.32 Å². The summed E-state index contributed by atoms with van der Waals surface area (Å²) >= 11 is 6.23. The molecule has 0 aromatic heterocycles. The normalized spacial score (nSPS) is 20.2. The molecule has 29 heavy (non-hydrogen) atoms. The van der Waals surface area contributed by atoms with Gasteiger partial charge in [-0.15, -0.1) is 0 Å². The SMILES string of the molecule is CCC(=O)C(CC1CCC(C(N)=O)CC1)NC(=O)c1ccc(OC(C)C)c(Cl)c1. The molecule has 1 aliphatic carbocycles. The molecule has 160 valence electrons. The van der Waals surface area contributed by atoms with Gasteiger partial charge in [0, 0.05) is 17.9 Å². The van der Waals surface area contributed by atoms with Gasteiger partial charge in [-0.2, -0.15) is 0 Å². The van der Waals surface area contributed by atoms with Gasteiger partial charge in [0.05, 0.1) is 17.2 Å². The Balaban J connectivity index is 2.02. The lowest BCUT2D eigenvalue weighted by molar-refractivity contribution is -0.124. The Morgan fingerprint density at radius 2 is 1.86 bits per heavy atom. The van der Waals surface area contributed by atoms with Crippen molar-refractivity contribution in [2.24, 2.45) is 17.6 Å². The zero-order valence-corrected chi connectivity index (χ0v) is 18.1.